The zero-order valence-electron chi connectivity index (χ0n) is 15.4. The van der Waals surface area contributed by atoms with Gasteiger partial charge in [0.15, 0.2) is 0 Å². The van der Waals surface area contributed by atoms with Crippen molar-refractivity contribution in [3.63, 3.8) is 0 Å². The van der Waals surface area contributed by atoms with Gasteiger partial charge in [-0.1, -0.05) is 17.7 Å². The van der Waals surface area contributed by atoms with Crippen molar-refractivity contribution < 1.29 is 22.7 Å². The van der Waals surface area contributed by atoms with Gasteiger partial charge in [-0.05, 0) is 44.2 Å². The van der Waals surface area contributed by atoms with Crippen molar-refractivity contribution in [2.24, 2.45) is 0 Å². The van der Waals surface area contributed by atoms with Gasteiger partial charge in [0.25, 0.3) is 5.91 Å². The van der Waals surface area contributed by atoms with E-state index >= 15 is 0 Å². The fourth-order valence-electron chi connectivity index (χ4n) is 2.28. The third-order valence-corrected chi connectivity index (χ3v) is 5.32. The fraction of sp³-hybridized carbons (Fsp3) is 0.278. The summed E-state index contributed by atoms with van der Waals surface area (Å²) >= 11 is 5.80. The van der Waals surface area contributed by atoms with Crippen LogP contribution in [0.1, 0.15) is 33.5 Å². The molecule has 1 heterocycles. The average Bonchev–Trinajstić information content (AvgIpc) is 2.65. The minimum Gasteiger partial charge on any atom is -0.462 e. The molecule has 2 aromatic rings. The first kappa shape index (κ1) is 21.8. The lowest BCUT2D eigenvalue weighted by Gasteiger charge is -2.09. The maximum absolute atomic E-state index is 12.2. The second-order valence-electron chi connectivity index (χ2n) is 5.66. The summed E-state index contributed by atoms with van der Waals surface area (Å²) in [7, 11) is -3.73. The minimum atomic E-state index is -3.73. The predicted octanol–water partition coefficient (Wildman–Crippen LogP) is 1.93. The molecule has 0 atom stereocenters. The number of hydrogen-bond donors (Lipinski definition) is 2. The number of benzene rings is 1. The van der Waals surface area contributed by atoms with Gasteiger partial charge >= 0.3 is 5.97 Å². The minimum absolute atomic E-state index is 0.0134. The number of pyridine rings is 1. The Morgan fingerprint density at radius 3 is 2.57 bits per heavy atom. The van der Waals surface area contributed by atoms with Crippen molar-refractivity contribution in [2.75, 3.05) is 19.7 Å². The molecule has 0 aliphatic carbocycles. The summed E-state index contributed by atoms with van der Waals surface area (Å²) in [5, 5.41) is 2.87. The molecule has 2 N–H and O–H groups in total. The molecule has 0 spiro atoms. The van der Waals surface area contributed by atoms with Crippen molar-refractivity contribution in [2.45, 2.75) is 18.7 Å². The van der Waals surface area contributed by atoms with Crippen LogP contribution in [-0.4, -0.2) is 45.0 Å². The Morgan fingerprint density at radius 2 is 1.93 bits per heavy atom. The second-order valence-corrected chi connectivity index (χ2v) is 7.86. The molecule has 0 aliphatic heterocycles. The largest absolute Gasteiger partial charge is 0.462 e. The van der Waals surface area contributed by atoms with Crippen LogP contribution in [-0.2, 0) is 14.8 Å². The van der Waals surface area contributed by atoms with Gasteiger partial charge in [-0.15, -0.1) is 0 Å². The lowest BCUT2D eigenvalue weighted by Crippen LogP contribution is -2.35. The number of nitrogens with zero attached hydrogens (tertiary/aromatic N) is 1. The number of esters is 1. The van der Waals surface area contributed by atoms with Gasteiger partial charge in [-0.2, -0.15) is 0 Å². The molecule has 1 amide bonds. The normalized spacial score (nSPS) is 11.1. The van der Waals surface area contributed by atoms with Gasteiger partial charge in [0, 0.05) is 18.1 Å². The Balaban J connectivity index is 1.90. The Morgan fingerprint density at radius 1 is 1.18 bits per heavy atom. The Kier molecular flexibility index (Phi) is 7.50. The molecule has 1 aromatic heterocycles. The number of hydrogen-bond acceptors (Lipinski definition) is 6. The topological polar surface area (TPSA) is 114 Å². The van der Waals surface area contributed by atoms with E-state index in [1.54, 1.807) is 19.9 Å². The highest BCUT2D eigenvalue weighted by atomic mass is 35.5. The number of carbonyl (C=O) groups is 2. The van der Waals surface area contributed by atoms with Crippen LogP contribution in [0, 0.1) is 6.92 Å². The lowest BCUT2D eigenvalue weighted by atomic mass is 10.2. The molecule has 28 heavy (non-hydrogen) atoms. The molecular formula is C18H20ClN3O5S. The summed E-state index contributed by atoms with van der Waals surface area (Å²) in [6, 6.07) is 8.74. The fourth-order valence-corrected chi connectivity index (χ4v) is 3.61. The summed E-state index contributed by atoms with van der Waals surface area (Å²) in [6.07, 6.45) is 0. The van der Waals surface area contributed by atoms with Crippen molar-refractivity contribution in [1.82, 2.24) is 15.0 Å². The van der Waals surface area contributed by atoms with E-state index in [1.165, 1.54) is 30.3 Å². The first-order chi connectivity index (χ1) is 13.2. The van der Waals surface area contributed by atoms with Crippen molar-refractivity contribution in [3.8, 4) is 0 Å². The zero-order valence-corrected chi connectivity index (χ0v) is 16.9. The van der Waals surface area contributed by atoms with E-state index < -0.39 is 21.9 Å². The van der Waals surface area contributed by atoms with Gasteiger partial charge < -0.3 is 10.1 Å². The molecular weight excluding hydrogens is 406 g/mol. The standard InChI is InChI=1S/C18H20ClN3O5S/c1-3-27-18(24)15-7-8-16(22-12(15)2)17(23)20-9-10-21-28(25,26)14-6-4-5-13(19)11-14/h4-8,11,21H,3,9-10H2,1-2H3,(H,20,23). The van der Waals surface area contributed by atoms with Crippen LogP contribution in [0.2, 0.25) is 5.02 Å². The average molecular weight is 426 g/mol. The first-order valence-corrected chi connectivity index (χ1v) is 10.3. The zero-order chi connectivity index (χ0) is 20.7. The van der Waals surface area contributed by atoms with Gasteiger partial charge in [-0.3, -0.25) is 4.79 Å². The lowest BCUT2D eigenvalue weighted by molar-refractivity contribution is 0.0524. The smallest absolute Gasteiger partial charge is 0.339 e. The molecule has 0 fully saturated rings. The predicted molar refractivity (Wildman–Crippen MR) is 104 cm³/mol. The highest BCUT2D eigenvalue weighted by Gasteiger charge is 2.16. The van der Waals surface area contributed by atoms with E-state index in [0.717, 1.165) is 0 Å². The molecule has 0 unspecified atom stereocenters. The molecule has 0 bridgehead atoms. The highest BCUT2D eigenvalue weighted by Crippen LogP contribution is 2.15. The number of nitrogens with one attached hydrogen (secondary N) is 2. The van der Waals surface area contributed by atoms with Crippen LogP contribution in [0.25, 0.3) is 0 Å². The van der Waals surface area contributed by atoms with Gasteiger partial charge in [0.2, 0.25) is 10.0 Å². The van der Waals surface area contributed by atoms with Crippen LogP contribution in [0.3, 0.4) is 0 Å². The summed E-state index contributed by atoms with van der Waals surface area (Å²) in [5.41, 5.74) is 0.767. The summed E-state index contributed by atoms with van der Waals surface area (Å²) in [4.78, 5) is 28.0. The third-order valence-electron chi connectivity index (χ3n) is 3.62. The summed E-state index contributed by atoms with van der Waals surface area (Å²) in [6.45, 7) is 3.58. The Bertz CT molecular complexity index is 979. The second kappa shape index (κ2) is 9.63. The van der Waals surface area contributed by atoms with Crippen LogP contribution < -0.4 is 10.0 Å². The van der Waals surface area contributed by atoms with Crippen LogP contribution in [0.4, 0.5) is 0 Å². The molecule has 10 heteroatoms. The SMILES string of the molecule is CCOC(=O)c1ccc(C(=O)NCCNS(=O)(=O)c2cccc(Cl)c2)nc1C. The maximum atomic E-state index is 12.2. The summed E-state index contributed by atoms with van der Waals surface area (Å²) in [5.74, 6) is -0.990. The van der Waals surface area contributed by atoms with Crippen LogP contribution in [0.15, 0.2) is 41.3 Å². The number of rotatable bonds is 8. The third kappa shape index (κ3) is 5.75. The van der Waals surface area contributed by atoms with E-state index in [1.807, 2.05) is 0 Å². The molecule has 0 saturated heterocycles. The van der Waals surface area contributed by atoms with E-state index in [9.17, 15) is 18.0 Å². The number of ether oxygens (including phenoxy) is 1. The van der Waals surface area contributed by atoms with Gasteiger partial charge in [0.05, 0.1) is 22.8 Å². The van der Waals surface area contributed by atoms with Crippen molar-refractivity contribution in [3.05, 3.63) is 58.4 Å². The quantitative estimate of drug-likeness (QED) is 0.493. The number of carbonyl (C=O) groups excluding carboxylic acids is 2. The van der Waals surface area contributed by atoms with E-state index in [-0.39, 0.29) is 35.8 Å². The Hall–Kier alpha value is -2.49. The van der Waals surface area contributed by atoms with E-state index in [4.69, 9.17) is 16.3 Å². The van der Waals surface area contributed by atoms with Gasteiger partial charge in [0.1, 0.15) is 5.69 Å². The number of aromatic nitrogens is 1. The van der Waals surface area contributed by atoms with Crippen LogP contribution in [0.5, 0.6) is 0 Å². The maximum Gasteiger partial charge on any atom is 0.339 e. The highest BCUT2D eigenvalue weighted by molar-refractivity contribution is 7.89. The van der Waals surface area contributed by atoms with Gasteiger partial charge in [-0.25, -0.2) is 22.9 Å². The monoisotopic (exact) mass is 425 g/mol. The molecule has 150 valence electrons. The Labute approximate surface area is 168 Å². The number of amides is 1. The van der Waals surface area contributed by atoms with Crippen molar-refractivity contribution >= 4 is 33.5 Å². The molecule has 0 saturated carbocycles. The molecule has 8 nitrogen and oxygen atoms in total. The number of aryl methyl sites for hydroxylation is 1. The molecule has 2 rings (SSSR count). The van der Waals surface area contributed by atoms with E-state index in [0.29, 0.717) is 10.7 Å². The summed E-state index contributed by atoms with van der Waals surface area (Å²) < 4.78 is 31.6. The number of sulfonamides is 1. The van der Waals surface area contributed by atoms with E-state index in [2.05, 4.69) is 15.0 Å². The molecule has 0 aliphatic rings. The first-order valence-electron chi connectivity index (χ1n) is 8.43. The number of halogens is 1. The molecule has 0 radical (unpaired) electrons. The van der Waals surface area contributed by atoms with Crippen molar-refractivity contribution in [1.29, 1.82) is 0 Å². The van der Waals surface area contributed by atoms with Crippen LogP contribution >= 0.6 is 11.6 Å². The molecule has 1 aromatic carbocycles.